The third kappa shape index (κ3) is 4.15. The van der Waals surface area contributed by atoms with E-state index in [4.69, 9.17) is 5.73 Å². The summed E-state index contributed by atoms with van der Waals surface area (Å²) in [5.41, 5.74) is 8.95. The number of quaternary nitrogens is 1. The number of carbonyl (C=O) groups excluding carboxylic acids is 1. The Bertz CT molecular complexity index is 1230. The Morgan fingerprint density at radius 2 is 2.06 bits per heavy atom. The highest BCUT2D eigenvalue weighted by Crippen LogP contribution is 2.59. The molecule has 2 aromatic carbocycles. The topological polar surface area (TPSA) is 103 Å². The molecule has 0 saturated carbocycles. The molecule has 0 radical (unpaired) electrons. The largest absolute Gasteiger partial charge is 0.625 e. The molecule has 3 N–H and O–H groups in total. The van der Waals surface area contributed by atoms with Gasteiger partial charge in [0.15, 0.2) is 5.54 Å². The number of aliphatic imine (C=N–C) groups is 1. The molecule has 1 spiro atoms. The minimum absolute atomic E-state index is 0.0232. The zero-order chi connectivity index (χ0) is 25.5. The van der Waals surface area contributed by atoms with Gasteiger partial charge in [0.1, 0.15) is 11.9 Å². The molecule has 2 atom stereocenters. The van der Waals surface area contributed by atoms with Crippen molar-refractivity contribution in [3.63, 3.8) is 0 Å². The molecule has 3 heterocycles. The summed E-state index contributed by atoms with van der Waals surface area (Å²) in [5.74, 6) is 0.0366. The number of likely N-dealkylation sites (tertiary alicyclic amines) is 1. The maximum atomic E-state index is 13.8. The van der Waals surface area contributed by atoms with E-state index in [0.717, 1.165) is 22.4 Å². The quantitative estimate of drug-likeness (QED) is 0.346. The number of piperidine rings is 1. The van der Waals surface area contributed by atoms with Crippen molar-refractivity contribution in [2.45, 2.75) is 44.6 Å². The molecule has 5 rings (SSSR count). The lowest BCUT2D eigenvalue weighted by molar-refractivity contribution is -0.733. The number of halogens is 2. The van der Waals surface area contributed by atoms with Crippen LogP contribution in [0.4, 0.5) is 14.5 Å². The summed E-state index contributed by atoms with van der Waals surface area (Å²) in [6.07, 6.45) is 4.30. The van der Waals surface area contributed by atoms with E-state index in [1.165, 1.54) is 6.07 Å². The van der Waals surface area contributed by atoms with Gasteiger partial charge >= 0.3 is 6.61 Å². The van der Waals surface area contributed by atoms with Gasteiger partial charge in [-0.15, -0.1) is 0 Å². The van der Waals surface area contributed by atoms with Crippen molar-refractivity contribution < 1.29 is 23.0 Å². The zero-order valence-corrected chi connectivity index (χ0v) is 20.0. The van der Waals surface area contributed by atoms with Gasteiger partial charge in [0.25, 0.3) is 0 Å². The van der Waals surface area contributed by atoms with Gasteiger partial charge in [0.2, 0.25) is 12.1 Å². The van der Waals surface area contributed by atoms with Gasteiger partial charge in [-0.3, -0.25) is 9.44 Å². The molecule has 2 aromatic rings. The van der Waals surface area contributed by atoms with E-state index in [-0.39, 0.29) is 24.4 Å². The van der Waals surface area contributed by atoms with Crippen LogP contribution in [0, 0.1) is 12.1 Å². The number of allylic oxidation sites excluding steroid dienone is 1. The Balaban J connectivity index is 1.32. The van der Waals surface area contributed by atoms with Crippen LogP contribution in [0.15, 0.2) is 53.7 Å². The van der Waals surface area contributed by atoms with Crippen molar-refractivity contribution >= 4 is 23.4 Å². The van der Waals surface area contributed by atoms with Gasteiger partial charge in [0.05, 0.1) is 12.1 Å². The van der Waals surface area contributed by atoms with Crippen molar-refractivity contribution in [3.8, 4) is 5.75 Å². The van der Waals surface area contributed by atoms with Crippen LogP contribution in [0.3, 0.4) is 0 Å². The molecular weight excluding hydrogens is 468 g/mol. The average molecular weight is 498 g/mol. The number of benzene rings is 2. The number of nitrogens with one attached hydrogen (secondary N) is 1. The standard InChI is InChI=1S/C26H29F2N5O3/c1-17-6-7-18(12-21(17)30-14-19-4-2-3-5-22(19)36-25(27)28)20-15-31-24-26(33(24,35)16-20)8-10-32(11-9-26)23(34)13-29/h2-7,12,15-16,24-25,30H,8-11,13-14,29H2,1H3. The zero-order valence-electron chi connectivity index (χ0n) is 20.0. The molecule has 36 heavy (non-hydrogen) atoms. The summed E-state index contributed by atoms with van der Waals surface area (Å²) < 4.78 is 29.6. The molecule has 0 bridgehead atoms. The van der Waals surface area contributed by atoms with Gasteiger partial charge in [-0.25, -0.2) is 4.99 Å². The Labute approximate surface area is 208 Å². The maximum Gasteiger partial charge on any atom is 0.387 e. The van der Waals surface area contributed by atoms with Crippen LogP contribution in [-0.2, 0) is 11.3 Å². The van der Waals surface area contributed by atoms with Gasteiger partial charge in [-0.05, 0) is 30.2 Å². The number of amides is 1. The highest BCUT2D eigenvalue weighted by atomic mass is 19.3. The third-order valence-corrected chi connectivity index (χ3v) is 7.54. The molecular formula is C26H29F2N5O3. The first-order valence-corrected chi connectivity index (χ1v) is 12.0. The van der Waals surface area contributed by atoms with E-state index in [1.807, 2.05) is 25.1 Å². The minimum atomic E-state index is -2.89. The maximum absolute atomic E-state index is 13.8. The number of hydrogen-bond acceptors (Lipinski definition) is 6. The van der Waals surface area contributed by atoms with Gasteiger partial charge < -0.3 is 25.9 Å². The van der Waals surface area contributed by atoms with Crippen LogP contribution in [0.2, 0.25) is 0 Å². The molecule has 3 aliphatic heterocycles. The van der Waals surface area contributed by atoms with Crippen molar-refractivity contribution in [2.24, 2.45) is 10.7 Å². The number of nitrogens with two attached hydrogens (primary N) is 1. The fourth-order valence-corrected chi connectivity index (χ4v) is 5.40. The van der Waals surface area contributed by atoms with E-state index in [0.29, 0.717) is 38.0 Å². The number of carbonyl (C=O) groups is 1. The van der Waals surface area contributed by atoms with Crippen LogP contribution in [0.1, 0.15) is 29.5 Å². The van der Waals surface area contributed by atoms with E-state index < -0.39 is 16.8 Å². The minimum Gasteiger partial charge on any atom is -0.625 e. The summed E-state index contributed by atoms with van der Waals surface area (Å²) in [5, 5.41) is 17.1. The summed E-state index contributed by atoms with van der Waals surface area (Å²) in [4.78, 5) is 18.3. The monoisotopic (exact) mass is 497 g/mol. The fourth-order valence-electron chi connectivity index (χ4n) is 5.40. The van der Waals surface area contributed by atoms with E-state index >= 15 is 0 Å². The molecule has 2 fully saturated rings. The number of para-hydroxylation sites is 1. The molecule has 8 nitrogen and oxygen atoms in total. The van der Waals surface area contributed by atoms with Crippen molar-refractivity contribution in [2.75, 3.05) is 25.0 Å². The van der Waals surface area contributed by atoms with Gasteiger partial charge in [-0.2, -0.15) is 8.78 Å². The number of hydrogen-bond donors (Lipinski definition) is 2. The number of aryl methyl sites for hydroxylation is 1. The normalized spacial score (nSPS) is 23.9. The molecule has 1 amide bonds. The van der Waals surface area contributed by atoms with Gasteiger partial charge in [-0.1, -0.05) is 30.3 Å². The predicted octanol–water partition coefficient (Wildman–Crippen LogP) is 3.61. The van der Waals surface area contributed by atoms with Crippen molar-refractivity contribution in [3.05, 3.63) is 70.6 Å². The van der Waals surface area contributed by atoms with E-state index in [1.54, 1.807) is 35.5 Å². The summed E-state index contributed by atoms with van der Waals surface area (Å²) in [6, 6.07) is 12.5. The summed E-state index contributed by atoms with van der Waals surface area (Å²) in [7, 11) is 0. The van der Waals surface area contributed by atoms with Crippen molar-refractivity contribution in [1.82, 2.24) is 4.90 Å². The first-order valence-electron chi connectivity index (χ1n) is 12.0. The lowest BCUT2D eigenvalue weighted by Crippen LogP contribution is -2.46. The second-order valence-electron chi connectivity index (χ2n) is 9.50. The Morgan fingerprint density at radius 1 is 1.31 bits per heavy atom. The Hall–Kier alpha value is -3.34. The lowest BCUT2D eigenvalue weighted by Gasteiger charge is -2.34. The summed E-state index contributed by atoms with van der Waals surface area (Å²) >= 11 is 0. The molecule has 0 aliphatic carbocycles. The first-order chi connectivity index (χ1) is 17.3. The van der Waals surface area contributed by atoms with Crippen LogP contribution < -0.4 is 15.8 Å². The smallest absolute Gasteiger partial charge is 0.387 e. The van der Waals surface area contributed by atoms with Crippen LogP contribution in [-0.4, -0.2) is 59.6 Å². The Morgan fingerprint density at radius 3 is 2.78 bits per heavy atom. The summed E-state index contributed by atoms with van der Waals surface area (Å²) in [6.45, 7) is 0.362. The van der Waals surface area contributed by atoms with Gasteiger partial charge in [0, 0.05) is 49.9 Å². The van der Waals surface area contributed by atoms with E-state index in [2.05, 4.69) is 15.0 Å². The fraction of sp³-hybridized carbons (Fsp3) is 0.385. The Kier molecular flexibility index (Phi) is 6.27. The van der Waals surface area contributed by atoms with E-state index in [9.17, 15) is 18.8 Å². The molecule has 10 heteroatoms. The number of nitrogens with zero attached hydrogens (tertiary/aromatic N) is 3. The number of alkyl halides is 2. The first kappa shape index (κ1) is 24.4. The molecule has 190 valence electrons. The molecule has 0 aromatic heterocycles. The highest BCUT2D eigenvalue weighted by Gasteiger charge is 2.75. The molecule has 3 aliphatic rings. The number of anilines is 1. The molecule has 2 saturated heterocycles. The number of rotatable bonds is 7. The number of ether oxygens (including phenoxy) is 1. The van der Waals surface area contributed by atoms with Crippen LogP contribution in [0.5, 0.6) is 5.75 Å². The van der Waals surface area contributed by atoms with Crippen LogP contribution >= 0.6 is 0 Å². The number of fused-ring (bicyclic) bond motifs is 3. The lowest BCUT2D eigenvalue weighted by atomic mass is 9.95. The predicted molar refractivity (Wildman–Crippen MR) is 133 cm³/mol. The second kappa shape index (κ2) is 9.27. The SMILES string of the molecule is Cc1ccc(C2=C[N+]3([O-])C(N=C2)C32CCN(C(=O)CN)CC2)cc1NCc1ccccc1OC(F)F. The average Bonchev–Trinajstić information content (AvgIpc) is 3.39. The molecule has 2 unspecified atom stereocenters. The van der Waals surface area contributed by atoms with Crippen LogP contribution in [0.25, 0.3) is 5.57 Å². The second-order valence-corrected chi connectivity index (χ2v) is 9.50. The van der Waals surface area contributed by atoms with Crippen molar-refractivity contribution in [1.29, 1.82) is 0 Å². The number of hydroxylamine groups is 3. The third-order valence-electron chi connectivity index (χ3n) is 7.54. The highest BCUT2D eigenvalue weighted by molar-refractivity contribution is 6.10.